The molecule has 4 nitrogen and oxygen atoms in total. The Morgan fingerprint density at radius 3 is 2.38 bits per heavy atom. The summed E-state index contributed by atoms with van der Waals surface area (Å²) in [7, 11) is 3.20. The molecule has 2 N–H and O–H groups in total. The first-order valence-electron chi connectivity index (χ1n) is 7.40. The molecule has 0 aliphatic heterocycles. The van der Waals surface area contributed by atoms with Crippen molar-refractivity contribution in [2.24, 2.45) is 5.41 Å². The van der Waals surface area contributed by atoms with Crippen LogP contribution in [0.15, 0.2) is 12.1 Å². The van der Waals surface area contributed by atoms with E-state index in [9.17, 15) is 5.11 Å². The van der Waals surface area contributed by atoms with Crippen LogP contribution < -0.4 is 14.8 Å². The Morgan fingerprint density at radius 1 is 1.14 bits per heavy atom. The predicted octanol–water partition coefficient (Wildman–Crippen LogP) is 3.71. The Labute approximate surface area is 131 Å². The van der Waals surface area contributed by atoms with Crippen LogP contribution in [0.5, 0.6) is 11.5 Å². The summed E-state index contributed by atoms with van der Waals surface area (Å²) in [4.78, 5) is 0. The van der Waals surface area contributed by atoms with Gasteiger partial charge in [-0.05, 0) is 18.9 Å². The summed E-state index contributed by atoms with van der Waals surface area (Å²) in [6.07, 6.45) is 5.75. The lowest BCUT2D eigenvalue weighted by molar-refractivity contribution is 0.0943. The average molecular weight is 314 g/mol. The largest absolute Gasteiger partial charge is 0.495 e. The first-order chi connectivity index (χ1) is 10.1. The quantitative estimate of drug-likeness (QED) is 0.840. The number of hydrogen-bond acceptors (Lipinski definition) is 4. The van der Waals surface area contributed by atoms with E-state index in [4.69, 9.17) is 21.1 Å². The maximum Gasteiger partial charge on any atom is 0.145 e. The van der Waals surface area contributed by atoms with Crippen molar-refractivity contribution in [3.05, 3.63) is 17.2 Å². The number of aliphatic hydroxyl groups excluding tert-OH is 1. The second-order valence-electron chi connectivity index (χ2n) is 5.76. The predicted molar refractivity (Wildman–Crippen MR) is 85.6 cm³/mol. The van der Waals surface area contributed by atoms with Crippen LogP contribution in [0.25, 0.3) is 0 Å². The summed E-state index contributed by atoms with van der Waals surface area (Å²) in [5.74, 6) is 1.29. The first kappa shape index (κ1) is 16.2. The summed E-state index contributed by atoms with van der Waals surface area (Å²) in [6, 6.07) is 3.59. The van der Waals surface area contributed by atoms with Crippen LogP contribution in [0.2, 0.25) is 5.02 Å². The normalized spacial score (nSPS) is 17.3. The van der Waals surface area contributed by atoms with E-state index in [1.54, 1.807) is 20.3 Å². The van der Waals surface area contributed by atoms with Crippen LogP contribution in [0.1, 0.15) is 32.1 Å². The summed E-state index contributed by atoms with van der Waals surface area (Å²) in [5.41, 5.74) is 0.803. The van der Waals surface area contributed by atoms with Crippen molar-refractivity contribution in [1.82, 2.24) is 0 Å². The second-order valence-corrected chi connectivity index (χ2v) is 6.17. The van der Waals surface area contributed by atoms with Gasteiger partial charge in [0.05, 0.1) is 31.5 Å². The number of halogens is 1. The van der Waals surface area contributed by atoms with Crippen molar-refractivity contribution in [1.29, 1.82) is 0 Å². The molecule has 5 heteroatoms. The van der Waals surface area contributed by atoms with E-state index < -0.39 is 0 Å². The molecule has 1 aromatic carbocycles. The maximum atomic E-state index is 9.77. The van der Waals surface area contributed by atoms with E-state index in [-0.39, 0.29) is 12.0 Å². The van der Waals surface area contributed by atoms with Crippen LogP contribution in [0.4, 0.5) is 5.69 Å². The summed E-state index contributed by atoms with van der Waals surface area (Å²) in [5, 5.41) is 13.7. The standard InChI is InChI=1S/C16H24ClNO3/c1-20-14-9-15(21-2)13(8-12(14)17)18-10-16(11-19)6-4-3-5-7-16/h8-9,18-19H,3-7,10-11H2,1-2H3. The second kappa shape index (κ2) is 7.23. The van der Waals surface area contributed by atoms with Gasteiger partial charge in [-0.2, -0.15) is 0 Å². The van der Waals surface area contributed by atoms with Crippen LogP contribution in [-0.4, -0.2) is 32.5 Å². The Bertz CT molecular complexity index is 473. The minimum absolute atomic E-state index is 0.0321. The van der Waals surface area contributed by atoms with Crippen molar-refractivity contribution in [3.63, 3.8) is 0 Å². The molecule has 1 aromatic rings. The van der Waals surface area contributed by atoms with Gasteiger partial charge in [0, 0.05) is 18.0 Å². The molecular weight excluding hydrogens is 290 g/mol. The van der Waals surface area contributed by atoms with Gasteiger partial charge in [-0.15, -0.1) is 0 Å². The number of benzene rings is 1. The van der Waals surface area contributed by atoms with Crippen LogP contribution >= 0.6 is 11.6 Å². The summed E-state index contributed by atoms with van der Waals surface area (Å²) in [6.45, 7) is 0.939. The smallest absolute Gasteiger partial charge is 0.145 e. The zero-order chi connectivity index (χ0) is 15.3. The van der Waals surface area contributed by atoms with E-state index >= 15 is 0 Å². The Hall–Kier alpha value is -1.13. The lowest BCUT2D eigenvalue weighted by Gasteiger charge is -2.36. The van der Waals surface area contributed by atoms with Crippen LogP contribution in [0, 0.1) is 5.41 Å². The molecule has 0 amide bonds. The topological polar surface area (TPSA) is 50.7 Å². The molecule has 0 aromatic heterocycles. The zero-order valence-corrected chi connectivity index (χ0v) is 13.5. The fraction of sp³-hybridized carbons (Fsp3) is 0.625. The van der Waals surface area contributed by atoms with Crippen LogP contribution in [0.3, 0.4) is 0 Å². The molecule has 0 atom stereocenters. The van der Waals surface area contributed by atoms with Crippen molar-refractivity contribution in [2.75, 3.05) is 32.7 Å². The first-order valence-corrected chi connectivity index (χ1v) is 7.78. The molecule has 1 aliphatic rings. The highest BCUT2D eigenvalue weighted by atomic mass is 35.5. The van der Waals surface area contributed by atoms with Crippen LogP contribution in [-0.2, 0) is 0 Å². The lowest BCUT2D eigenvalue weighted by Crippen LogP contribution is -2.35. The third kappa shape index (κ3) is 3.74. The third-order valence-electron chi connectivity index (χ3n) is 4.38. The fourth-order valence-electron chi connectivity index (χ4n) is 2.97. The molecule has 0 unspecified atom stereocenters. The van der Waals surface area contributed by atoms with Gasteiger partial charge in [0.2, 0.25) is 0 Å². The Kier molecular flexibility index (Phi) is 5.59. The molecule has 0 spiro atoms. The number of methoxy groups -OCH3 is 2. The van der Waals surface area contributed by atoms with Gasteiger partial charge in [0.1, 0.15) is 11.5 Å². The summed E-state index contributed by atoms with van der Waals surface area (Å²) >= 11 is 6.18. The molecule has 1 saturated carbocycles. The van der Waals surface area contributed by atoms with Crippen molar-refractivity contribution in [3.8, 4) is 11.5 Å². The highest BCUT2D eigenvalue weighted by molar-refractivity contribution is 6.32. The minimum atomic E-state index is -0.0321. The van der Waals surface area contributed by atoms with Gasteiger partial charge in [-0.25, -0.2) is 0 Å². The highest BCUT2D eigenvalue weighted by Crippen LogP contribution is 2.39. The van der Waals surface area contributed by atoms with Gasteiger partial charge in [0.25, 0.3) is 0 Å². The van der Waals surface area contributed by atoms with Gasteiger partial charge in [0.15, 0.2) is 0 Å². The molecule has 0 saturated heterocycles. The van der Waals surface area contributed by atoms with Gasteiger partial charge in [-0.1, -0.05) is 30.9 Å². The Morgan fingerprint density at radius 2 is 1.81 bits per heavy atom. The molecular formula is C16H24ClNO3. The number of hydrogen-bond donors (Lipinski definition) is 2. The van der Waals surface area contributed by atoms with Gasteiger partial charge in [-0.3, -0.25) is 0 Å². The fourth-order valence-corrected chi connectivity index (χ4v) is 3.21. The van der Waals surface area contributed by atoms with E-state index in [1.807, 2.05) is 6.07 Å². The maximum absolute atomic E-state index is 9.77. The number of aliphatic hydroxyl groups is 1. The Balaban J connectivity index is 2.13. The van der Waals surface area contributed by atoms with E-state index in [1.165, 1.54) is 19.3 Å². The molecule has 0 bridgehead atoms. The van der Waals surface area contributed by atoms with E-state index in [0.717, 1.165) is 25.1 Å². The monoisotopic (exact) mass is 313 g/mol. The molecule has 0 radical (unpaired) electrons. The SMILES string of the molecule is COc1cc(OC)c(NCC2(CO)CCCCC2)cc1Cl. The zero-order valence-electron chi connectivity index (χ0n) is 12.7. The molecule has 118 valence electrons. The minimum Gasteiger partial charge on any atom is -0.495 e. The number of ether oxygens (including phenoxy) is 2. The molecule has 1 aliphatic carbocycles. The van der Waals surface area contributed by atoms with Crippen molar-refractivity contribution < 1.29 is 14.6 Å². The molecule has 21 heavy (non-hydrogen) atoms. The highest BCUT2D eigenvalue weighted by Gasteiger charge is 2.31. The molecule has 1 fully saturated rings. The molecule has 2 rings (SSSR count). The van der Waals surface area contributed by atoms with Gasteiger partial charge < -0.3 is 19.9 Å². The van der Waals surface area contributed by atoms with Gasteiger partial charge >= 0.3 is 0 Å². The molecule has 0 heterocycles. The van der Waals surface area contributed by atoms with E-state index in [2.05, 4.69) is 5.32 Å². The average Bonchev–Trinajstić information content (AvgIpc) is 2.54. The van der Waals surface area contributed by atoms with E-state index in [0.29, 0.717) is 16.5 Å². The lowest BCUT2D eigenvalue weighted by atomic mass is 9.74. The number of rotatable bonds is 6. The number of nitrogens with one attached hydrogen (secondary N) is 1. The number of anilines is 1. The van der Waals surface area contributed by atoms with Crippen molar-refractivity contribution in [2.45, 2.75) is 32.1 Å². The summed E-state index contributed by atoms with van der Waals surface area (Å²) < 4.78 is 10.6. The third-order valence-corrected chi connectivity index (χ3v) is 4.67. The van der Waals surface area contributed by atoms with Crippen molar-refractivity contribution >= 4 is 17.3 Å².